The van der Waals surface area contributed by atoms with Crippen molar-refractivity contribution in [3.63, 3.8) is 0 Å². The van der Waals surface area contributed by atoms with Crippen LogP contribution in [-0.4, -0.2) is 24.4 Å². The molecule has 2 rings (SSSR count). The highest BCUT2D eigenvalue weighted by atomic mass is 19.1. The molecule has 15 heavy (non-hydrogen) atoms. The van der Waals surface area contributed by atoms with Gasteiger partial charge in [-0.05, 0) is 24.6 Å². The third kappa shape index (κ3) is 2.27. The summed E-state index contributed by atoms with van der Waals surface area (Å²) in [7, 11) is 0. The minimum atomic E-state index is -0.666. The molecule has 0 aromatic heterocycles. The van der Waals surface area contributed by atoms with E-state index < -0.39 is 11.9 Å². The van der Waals surface area contributed by atoms with Gasteiger partial charge in [0, 0.05) is 0 Å². The van der Waals surface area contributed by atoms with Gasteiger partial charge in [-0.25, -0.2) is 4.39 Å². The van der Waals surface area contributed by atoms with Crippen LogP contribution in [0.3, 0.4) is 0 Å². The van der Waals surface area contributed by atoms with Crippen LogP contribution in [0.15, 0.2) is 18.2 Å². The molecule has 0 aliphatic carbocycles. The molecule has 1 fully saturated rings. The number of halogens is 1. The van der Waals surface area contributed by atoms with Crippen molar-refractivity contribution in [3.8, 4) is 5.75 Å². The zero-order valence-corrected chi connectivity index (χ0v) is 8.44. The van der Waals surface area contributed by atoms with Crippen molar-refractivity contribution < 1.29 is 19.0 Å². The molecule has 1 aromatic rings. The number of hydrogen-bond donors (Lipinski definition) is 1. The maximum Gasteiger partial charge on any atom is 0.165 e. The predicted octanol–water partition coefficient (Wildman–Crippen LogP) is 1.66. The molecule has 1 aliphatic heterocycles. The van der Waals surface area contributed by atoms with E-state index in [-0.39, 0.29) is 11.9 Å². The SMILES string of the molecule is CC(O)c1ccc(OC2COC2)c(F)c1. The van der Waals surface area contributed by atoms with Crippen molar-refractivity contribution >= 4 is 0 Å². The zero-order valence-electron chi connectivity index (χ0n) is 8.44. The minimum absolute atomic E-state index is 0.0445. The maximum absolute atomic E-state index is 13.5. The normalized spacial score (nSPS) is 18.3. The van der Waals surface area contributed by atoms with Crippen molar-refractivity contribution in [2.45, 2.75) is 19.1 Å². The summed E-state index contributed by atoms with van der Waals surface area (Å²) >= 11 is 0. The Labute approximate surface area is 87.4 Å². The molecule has 1 aliphatic rings. The van der Waals surface area contributed by atoms with E-state index in [2.05, 4.69) is 0 Å². The largest absolute Gasteiger partial charge is 0.483 e. The number of benzene rings is 1. The Morgan fingerprint density at radius 2 is 2.27 bits per heavy atom. The van der Waals surface area contributed by atoms with Crippen molar-refractivity contribution in [1.82, 2.24) is 0 Å². The van der Waals surface area contributed by atoms with Crippen LogP contribution < -0.4 is 4.74 Å². The fourth-order valence-corrected chi connectivity index (χ4v) is 1.33. The Morgan fingerprint density at radius 1 is 1.53 bits per heavy atom. The average molecular weight is 212 g/mol. The standard InChI is InChI=1S/C11H13FO3/c1-7(13)8-2-3-11(10(12)4-8)15-9-5-14-6-9/h2-4,7,9,13H,5-6H2,1H3. The van der Waals surface area contributed by atoms with Crippen molar-refractivity contribution in [3.05, 3.63) is 29.6 Å². The molecule has 1 aromatic carbocycles. The second kappa shape index (κ2) is 4.16. The van der Waals surface area contributed by atoms with E-state index in [1.165, 1.54) is 12.1 Å². The van der Waals surface area contributed by atoms with E-state index in [1.54, 1.807) is 13.0 Å². The van der Waals surface area contributed by atoms with E-state index in [9.17, 15) is 9.50 Å². The second-order valence-electron chi connectivity index (χ2n) is 3.64. The lowest BCUT2D eigenvalue weighted by Gasteiger charge is -2.26. The monoisotopic (exact) mass is 212 g/mol. The van der Waals surface area contributed by atoms with Crippen LogP contribution >= 0.6 is 0 Å². The molecule has 1 N–H and O–H groups in total. The molecule has 3 nitrogen and oxygen atoms in total. The molecule has 0 spiro atoms. The topological polar surface area (TPSA) is 38.7 Å². The summed E-state index contributed by atoms with van der Waals surface area (Å²) in [5.74, 6) is -0.229. The first-order valence-corrected chi connectivity index (χ1v) is 4.88. The Hall–Kier alpha value is -1.13. The van der Waals surface area contributed by atoms with Crippen molar-refractivity contribution in [2.24, 2.45) is 0 Å². The lowest BCUT2D eigenvalue weighted by molar-refractivity contribution is -0.0809. The number of aliphatic hydroxyl groups is 1. The van der Waals surface area contributed by atoms with Crippen molar-refractivity contribution in [2.75, 3.05) is 13.2 Å². The smallest absolute Gasteiger partial charge is 0.165 e. The number of ether oxygens (including phenoxy) is 2. The summed E-state index contributed by atoms with van der Waals surface area (Å²) < 4.78 is 23.7. The molecule has 1 heterocycles. The third-order valence-corrected chi connectivity index (χ3v) is 2.34. The molecule has 1 atom stereocenters. The van der Waals surface area contributed by atoms with Crippen LogP contribution in [0, 0.1) is 5.82 Å². The highest BCUT2D eigenvalue weighted by Gasteiger charge is 2.21. The van der Waals surface area contributed by atoms with E-state index in [0.717, 1.165) is 0 Å². The first kappa shape index (κ1) is 10.4. The van der Waals surface area contributed by atoms with Gasteiger partial charge in [0.1, 0.15) is 6.10 Å². The van der Waals surface area contributed by atoms with Crippen LogP contribution in [0.5, 0.6) is 5.75 Å². The van der Waals surface area contributed by atoms with Crippen LogP contribution in [0.25, 0.3) is 0 Å². The first-order valence-electron chi connectivity index (χ1n) is 4.88. The van der Waals surface area contributed by atoms with E-state index in [0.29, 0.717) is 18.8 Å². The average Bonchev–Trinajstić information content (AvgIpc) is 2.12. The van der Waals surface area contributed by atoms with Crippen molar-refractivity contribution in [1.29, 1.82) is 0 Å². The van der Waals surface area contributed by atoms with Gasteiger partial charge in [-0.15, -0.1) is 0 Å². The summed E-state index contributed by atoms with van der Waals surface area (Å²) in [5, 5.41) is 9.25. The molecule has 0 radical (unpaired) electrons. The van der Waals surface area contributed by atoms with Gasteiger partial charge in [0.25, 0.3) is 0 Å². The maximum atomic E-state index is 13.5. The molecule has 1 saturated heterocycles. The number of aliphatic hydroxyl groups excluding tert-OH is 1. The lowest BCUT2D eigenvalue weighted by Crippen LogP contribution is -2.38. The van der Waals surface area contributed by atoms with Gasteiger partial charge in [0.2, 0.25) is 0 Å². The molecule has 0 bridgehead atoms. The summed E-state index contributed by atoms with van der Waals surface area (Å²) in [5.41, 5.74) is 0.546. The Kier molecular flexibility index (Phi) is 2.88. The van der Waals surface area contributed by atoms with E-state index in [4.69, 9.17) is 9.47 Å². The number of rotatable bonds is 3. The Bertz CT molecular complexity index is 348. The Morgan fingerprint density at radius 3 is 2.73 bits per heavy atom. The van der Waals surface area contributed by atoms with Gasteiger partial charge >= 0.3 is 0 Å². The van der Waals surface area contributed by atoms with E-state index in [1.807, 2.05) is 0 Å². The predicted molar refractivity (Wildman–Crippen MR) is 52.3 cm³/mol. The van der Waals surface area contributed by atoms with Crippen LogP contribution in [-0.2, 0) is 4.74 Å². The molecule has 0 saturated carbocycles. The second-order valence-corrected chi connectivity index (χ2v) is 3.64. The fraction of sp³-hybridized carbons (Fsp3) is 0.455. The number of hydrogen-bond acceptors (Lipinski definition) is 3. The van der Waals surface area contributed by atoms with Gasteiger partial charge in [0.05, 0.1) is 19.3 Å². The van der Waals surface area contributed by atoms with Crippen LogP contribution in [0.1, 0.15) is 18.6 Å². The first-order chi connectivity index (χ1) is 7.16. The zero-order chi connectivity index (χ0) is 10.8. The van der Waals surface area contributed by atoms with E-state index >= 15 is 0 Å². The summed E-state index contributed by atoms with van der Waals surface area (Å²) in [6.45, 7) is 2.62. The van der Waals surface area contributed by atoms with Gasteiger partial charge < -0.3 is 14.6 Å². The quantitative estimate of drug-likeness (QED) is 0.828. The van der Waals surface area contributed by atoms with Crippen LogP contribution in [0.2, 0.25) is 0 Å². The highest BCUT2D eigenvalue weighted by molar-refractivity contribution is 5.30. The summed E-state index contributed by atoms with van der Waals surface area (Å²) in [6.07, 6.45) is -0.711. The third-order valence-electron chi connectivity index (χ3n) is 2.34. The molecule has 1 unspecified atom stereocenters. The lowest BCUT2D eigenvalue weighted by atomic mass is 10.1. The fourth-order valence-electron chi connectivity index (χ4n) is 1.33. The summed E-state index contributed by atoms with van der Waals surface area (Å²) in [6, 6.07) is 4.48. The molecular formula is C11H13FO3. The van der Waals surface area contributed by atoms with Gasteiger partial charge in [-0.1, -0.05) is 6.07 Å². The molecule has 4 heteroatoms. The van der Waals surface area contributed by atoms with Gasteiger partial charge in [0.15, 0.2) is 11.6 Å². The van der Waals surface area contributed by atoms with Crippen LogP contribution in [0.4, 0.5) is 4.39 Å². The molecule has 82 valence electrons. The van der Waals surface area contributed by atoms with Gasteiger partial charge in [-0.3, -0.25) is 0 Å². The minimum Gasteiger partial charge on any atom is -0.483 e. The van der Waals surface area contributed by atoms with Gasteiger partial charge in [-0.2, -0.15) is 0 Å². The Balaban J connectivity index is 2.11. The summed E-state index contributed by atoms with van der Waals surface area (Å²) in [4.78, 5) is 0. The highest BCUT2D eigenvalue weighted by Crippen LogP contribution is 2.24. The molecule has 0 amide bonds. The molecular weight excluding hydrogens is 199 g/mol.